The average Bonchev–Trinajstić information content (AvgIpc) is 3.87. The van der Waals surface area contributed by atoms with Gasteiger partial charge in [-0.25, -0.2) is 19.9 Å². The molecule has 0 aliphatic heterocycles. The Balaban J connectivity index is 0.000000157. The molecule has 4 amide bonds. The number of amides is 4. The van der Waals surface area contributed by atoms with E-state index in [1.807, 2.05) is 94.1 Å². The molecular weight excluding hydrogens is 799 g/mol. The van der Waals surface area contributed by atoms with E-state index in [1.54, 1.807) is 24.3 Å². The summed E-state index contributed by atoms with van der Waals surface area (Å²) >= 11 is 0. The molecule has 0 spiro atoms. The number of benzene rings is 4. The van der Waals surface area contributed by atoms with Crippen molar-refractivity contribution >= 4 is 116 Å². The second kappa shape index (κ2) is 18.0. The van der Waals surface area contributed by atoms with Crippen LogP contribution in [0.2, 0.25) is 0 Å². The first-order chi connectivity index (χ1) is 25.0. The summed E-state index contributed by atoms with van der Waals surface area (Å²) in [6.45, 7) is 0. The summed E-state index contributed by atoms with van der Waals surface area (Å²) in [6, 6.07) is 29.0. The molecule has 0 bridgehead atoms. The molecule has 0 aliphatic rings. The van der Waals surface area contributed by atoms with E-state index >= 15 is 0 Å². The van der Waals surface area contributed by atoms with Gasteiger partial charge in [-0.15, -0.1) is 0 Å². The molecule has 0 saturated carbocycles. The minimum absolute atomic E-state index is 0. The molecule has 0 fully saturated rings. The number of carboxylic acid groups (broad SMARTS) is 4. The van der Waals surface area contributed by atoms with E-state index in [0.29, 0.717) is 22.1 Å². The van der Waals surface area contributed by atoms with Gasteiger partial charge in [-0.3, -0.25) is 0 Å². The normalized spacial score (nSPS) is 9.96. The van der Waals surface area contributed by atoms with Crippen LogP contribution in [0.5, 0.6) is 0 Å². The zero-order chi connectivity index (χ0) is 37.0. The van der Waals surface area contributed by atoms with Crippen LogP contribution >= 0.6 is 0 Å². The first-order valence-corrected chi connectivity index (χ1v) is 14.7. The maximum atomic E-state index is 10.2. The van der Waals surface area contributed by atoms with Gasteiger partial charge in [-0.2, -0.15) is 0 Å². The van der Waals surface area contributed by atoms with Gasteiger partial charge in [0, 0.05) is 0 Å². The van der Waals surface area contributed by atoms with Gasteiger partial charge < -0.3 is 80.8 Å². The summed E-state index contributed by atoms with van der Waals surface area (Å²) in [4.78, 5) is 67.7. The Morgan fingerprint density at radius 1 is 0.377 bits per heavy atom. The third kappa shape index (κ3) is 11.3. The maximum absolute atomic E-state index is 10.2. The third-order valence-electron chi connectivity index (χ3n) is 6.44. The molecule has 0 unspecified atom stereocenters. The minimum Gasteiger partial charge on any atom is -0.530 e. The molecule has 0 radical (unpaired) electrons. The van der Waals surface area contributed by atoms with Crippen molar-refractivity contribution in [2.45, 2.75) is 0 Å². The summed E-state index contributed by atoms with van der Waals surface area (Å²) in [6.07, 6.45) is -5.50. The second-order valence-corrected chi connectivity index (χ2v) is 10.1. The number of anilines is 4. The number of hydrogen-bond donors (Lipinski definition) is 8. The zero-order valence-corrected chi connectivity index (χ0v) is 29.6. The van der Waals surface area contributed by atoms with Gasteiger partial charge in [0.1, 0.15) is 24.4 Å². The van der Waals surface area contributed by atoms with Crippen molar-refractivity contribution in [3.8, 4) is 0 Å². The van der Waals surface area contributed by atoms with E-state index in [9.17, 15) is 39.6 Å². The van der Waals surface area contributed by atoms with Gasteiger partial charge in [-0.05, 0) is 48.5 Å². The first-order valence-electron chi connectivity index (χ1n) is 14.7. The summed E-state index contributed by atoms with van der Waals surface area (Å²) in [5.41, 5.74) is 5.99. The van der Waals surface area contributed by atoms with E-state index < -0.39 is 24.4 Å². The van der Waals surface area contributed by atoms with Gasteiger partial charge in [0.25, 0.3) is 0 Å². The number of aromatic nitrogens is 8. The van der Waals surface area contributed by atoms with Crippen molar-refractivity contribution in [3.05, 3.63) is 97.1 Å². The largest absolute Gasteiger partial charge is 4.00 e. The van der Waals surface area contributed by atoms with Gasteiger partial charge in [0.15, 0.2) is 0 Å². The van der Waals surface area contributed by atoms with Crippen LogP contribution in [0.4, 0.5) is 43.0 Å². The topological polar surface area (TPSA) is 323 Å². The summed E-state index contributed by atoms with van der Waals surface area (Å²) in [7, 11) is 0. The number of nitrogens with zero attached hydrogens (tertiary/aromatic N) is 4. The van der Waals surface area contributed by atoms with Crippen molar-refractivity contribution < 1.29 is 39.6 Å². The quantitative estimate of drug-likeness (QED) is 0.115. The number of carbonyl (C=O) groups excluding carboxylic acids is 4. The molecule has 4 heterocycles. The Bertz CT molecular complexity index is 2020. The molecule has 8 N–H and O–H groups in total. The Kier molecular flexibility index (Phi) is 13.1. The second-order valence-electron chi connectivity index (χ2n) is 10.1. The van der Waals surface area contributed by atoms with Crippen LogP contribution in [0.1, 0.15) is 0 Å². The van der Waals surface area contributed by atoms with Crippen LogP contribution in [0.3, 0.4) is 0 Å². The maximum Gasteiger partial charge on any atom is 4.00 e. The number of para-hydroxylation sites is 8. The fourth-order valence-electron chi connectivity index (χ4n) is 4.43. The van der Waals surface area contributed by atoms with Crippen LogP contribution in [0, 0.1) is 0 Å². The fourth-order valence-corrected chi connectivity index (χ4v) is 4.43. The third-order valence-corrected chi connectivity index (χ3v) is 6.44. The Labute approximate surface area is 313 Å². The number of rotatable bonds is 4. The molecule has 4 aromatic carbocycles. The molecule has 264 valence electrons. The number of aromatic amines is 4. The van der Waals surface area contributed by atoms with Crippen LogP contribution in [-0.2, 0) is 0 Å². The van der Waals surface area contributed by atoms with Gasteiger partial charge >= 0.3 is 23.9 Å². The summed E-state index contributed by atoms with van der Waals surface area (Å²) in [5.74, 6) is 0.727. The van der Waals surface area contributed by atoms with E-state index in [4.69, 9.17) is 0 Å². The van der Waals surface area contributed by atoms with E-state index in [2.05, 4.69) is 39.9 Å². The van der Waals surface area contributed by atoms with E-state index in [1.165, 1.54) is 0 Å². The monoisotopic (exact) mass is 824 g/mol. The van der Waals surface area contributed by atoms with Crippen LogP contribution in [0.15, 0.2) is 97.1 Å². The number of hydrogen-bond acceptors (Lipinski definition) is 12. The predicted octanol–water partition coefficient (Wildman–Crippen LogP) is 0.892. The van der Waals surface area contributed by atoms with Crippen LogP contribution < -0.4 is 41.7 Å². The molecule has 20 nitrogen and oxygen atoms in total. The van der Waals surface area contributed by atoms with Crippen LogP contribution in [-0.4, -0.2) is 88.2 Å². The number of H-pyrrole nitrogens is 4. The summed E-state index contributed by atoms with van der Waals surface area (Å²) < 4.78 is 0. The zero-order valence-electron chi connectivity index (χ0n) is 26.8. The smallest absolute Gasteiger partial charge is 0.530 e. The molecule has 0 atom stereocenters. The Morgan fingerprint density at radius 3 is 0.736 bits per heavy atom. The molecule has 4 aromatic heterocycles. The number of carbonyl (C=O) groups is 4. The van der Waals surface area contributed by atoms with E-state index in [-0.39, 0.29) is 47.7 Å². The molecule has 21 heteroatoms. The van der Waals surface area contributed by atoms with Crippen molar-refractivity contribution in [2.24, 2.45) is 0 Å². The van der Waals surface area contributed by atoms with Crippen molar-refractivity contribution in [2.75, 3.05) is 21.3 Å². The molecule has 53 heavy (non-hydrogen) atoms. The Morgan fingerprint density at radius 2 is 0.566 bits per heavy atom. The predicted molar refractivity (Wildman–Crippen MR) is 186 cm³/mol. The van der Waals surface area contributed by atoms with Gasteiger partial charge in [0.2, 0.25) is 23.8 Å². The number of fused-ring (bicyclic) bond motifs is 4. The number of imidazole rings is 4. The van der Waals surface area contributed by atoms with Gasteiger partial charge in [0.05, 0.1) is 44.1 Å². The van der Waals surface area contributed by atoms with Gasteiger partial charge in [-0.1, -0.05) is 48.5 Å². The first kappa shape index (κ1) is 38.4. The molecule has 0 saturated heterocycles. The molecule has 8 rings (SSSR count). The van der Waals surface area contributed by atoms with E-state index in [0.717, 1.165) is 22.1 Å². The van der Waals surface area contributed by atoms with Crippen molar-refractivity contribution in [1.82, 2.24) is 39.9 Å². The molecular formula is C32H24N12O8Sn. The summed E-state index contributed by atoms with van der Waals surface area (Å²) in [5, 5.41) is 48.8. The fraction of sp³-hybridized carbons (Fsp3) is 0. The minimum atomic E-state index is -1.38. The van der Waals surface area contributed by atoms with Crippen LogP contribution in [0.25, 0.3) is 44.1 Å². The number of nitrogens with one attached hydrogen (secondary N) is 8. The van der Waals surface area contributed by atoms with Crippen molar-refractivity contribution in [3.63, 3.8) is 0 Å². The van der Waals surface area contributed by atoms with Crippen molar-refractivity contribution in [1.29, 1.82) is 0 Å². The average molecular weight is 823 g/mol. The Hall–Kier alpha value is -7.36. The SMILES string of the molecule is O=C([O-])Nc1nc2ccccc2[nH]1.O=C([O-])Nc1nc2ccccc2[nH]1.O=C([O-])Nc1nc2ccccc2[nH]1.O=C([O-])Nc1nc2ccccc2[nH]1.[Sn+4]. The standard InChI is InChI=1S/4C8H7N3O2.Sn/c4*12-8(13)11-7-9-5-3-1-2-4-6(5)10-7;/h4*1-4H,(H,12,13)(H2,9,10,11);/q;;;;+4/p-4. The molecule has 0 aliphatic carbocycles. The molecule has 8 aromatic rings.